The third kappa shape index (κ3) is 11.6. The summed E-state index contributed by atoms with van der Waals surface area (Å²) in [5, 5.41) is 11.2. The third-order valence-corrected chi connectivity index (χ3v) is 9.20. The molecule has 3 rings (SSSR count). The number of nitrogens with zero attached hydrogens (tertiary/aromatic N) is 1. The van der Waals surface area contributed by atoms with Crippen LogP contribution >= 0.6 is 0 Å². The number of esters is 1. The van der Waals surface area contributed by atoms with Gasteiger partial charge in [0.05, 0.1) is 13.2 Å². The van der Waals surface area contributed by atoms with E-state index in [1.807, 2.05) is 41.3 Å². The van der Waals surface area contributed by atoms with E-state index in [4.69, 9.17) is 4.74 Å². The molecule has 0 radical (unpaired) electrons. The van der Waals surface area contributed by atoms with Crippen LogP contribution in [0.25, 0.3) is 0 Å². The van der Waals surface area contributed by atoms with Crippen LogP contribution in [0.15, 0.2) is 60.7 Å². The predicted molar refractivity (Wildman–Crippen MR) is 171 cm³/mol. The van der Waals surface area contributed by atoms with Crippen molar-refractivity contribution in [1.82, 2.24) is 4.90 Å². The van der Waals surface area contributed by atoms with Gasteiger partial charge in [-0.25, -0.2) is 0 Å². The number of ether oxygens (including phenoxy) is 1. The molecule has 4 atom stereocenters. The number of aliphatic hydroxyl groups excluding tert-OH is 1. The van der Waals surface area contributed by atoms with Crippen LogP contribution in [0.5, 0.6) is 0 Å². The molecule has 1 aliphatic rings. The molecule has 1 saturated carbocycles. The molecular weight excluding hydrogens is 538 g/mol. The lowest BCUT2D eigenvalue weighted by Gasteiger charge is -2.41. The molecule has 236 valence electrons. The summed E-state index contributed by atoms with van der Waals surface area (Å²) in [4.78, 5) is 39.8. The first-order valence-corrected chi connectivity index (χ1v) is 16.4. The minimum atomic E-state index is -0.636. The molecule has 0 saturated heterocycles. The summed E-state index contributed by atoms with van der Waals surface area (Å²) in [6, 6.07) is 20.3. The predicted octanol–water partition coefficient (Wildman–Crippen LogP) is 7.52. The van der Waals surface area contributed by atoms with E-state index < -0.39 is 6.10 Å². The van der Waals surface area contributed by atoms with Gasteiger partial charge in [-0.1, -0.05) is 100 Å². The van der Waals surface area contributed by atoms with Gasteiger partial charge in [0, 0.05) is 38.3 Å². The molecule has 6 nitrogen and oxygen atoms in total. The van der Waals surface area contributed by atoms with Crippen LogP contribution in [-0.4, -0.2) is 40.9 Å². The first kappa shape index (κ1) is 34.5. The number of hydrogen-bond acceptors (Lipinski definition) is 5. The van der Waals surface area contributed by atoms with E-state index in [2.05, 4.69) is 38.1 Å². The van der Waals surface area contributed by atoms with Gasteiger partial charge in [0.1, 0.15) is 5.78 Å². The van der Waals surface area contributed by atoms with Crippen molar-refractivity contribution in [2.45, 2.75) is 110 Å². The second kappa shape index (κ2) is 18.6. The zero-order valence-electron chi connectivity index (χ0n) is 26.6. The SMILES string of the molecule is COC(=O)CCCCCC(O)[C@@H]1C(=O)CC[C@H](C(C)C)[C@H]1CCCCCC(=O)N(Cc1ccccc1)Cc1ccccc1. The Hall–Kier alpha value is -2.99. The van der Waals surface area contributed by atoms with Gasteiger partial charge in [-0.15, -0.1) is 0 Å². The van der Waals surface area contributed by atoms with Crippen LogP contribution in [0.4, 0.5) is 0 Å². The Kier molecular flexibility index (Phi) is 14.9. The minimum absolute atomic E-state index is 0.168. The van der Waals surface area contributed by atoms with Crippen molar-refractivity contribution in [2.75, 3.05) is 7.11 Å². The quantitative estimate of drug-likeness (QED) is 0.143. The van der Waals surface area contributed by atoms with Crippen molar-refractivity contribution >= 4 is 17.7 Å². The molecule has 0 spiro atoms. The summed E-state index contributed by atoms with van der Waals surface area (Å²) in [5.74, 6) is 0.914. The molecule has 0 bridgehead atoms. The summed E-state index contributed by atoms with van der Waals surface area (Å²) < 4.78 is 4.71. The molecule has 1 N–H and O–H groups in total. The fourth-order valence-corrected chi connectivity index (χ4v) is 6.83. The number of benzene rings is 2. The number of rotatable bonds is 18. The highest BCUT2D eigenvalue weighted by Gasteiger charge is 2.42. The number of Topliss-reactive ketones (excluding diaryl/α,β-unsaturated/α-hetero) is 1. The highest BCUT2D eigenvalue weighted by atomic mass is 16.5. The fourth-order valence-electron chi connectivity index (χ4n) is 6.83. The lowest BCUT2D eigenvalue weighted by molar-refractivity contribution is -0.140. The molecular formula is C37H53NO5. The highest BCUT2D eigenvalue weighted by molar-refractivity contribution is 5.82. The molecule has 0 aromatic heterocycles. The van der Waals surface area contributed by atoms with Crippen LogP contribution in [0, 0.1) is 23.7 Å². The number of carbonyl (C=O) groups is 3. The van der Waals surface area contributed by atoms with Crippen molar-refractivity contribution in [2.24, 2.45) is 23.7 Å². The zero-order chi connectivity index (χ0) is 31.0. The summed E-state index contributed by atoms with van der Waals surface area (Å²) in [5.41, 5.74) is 2.25. The average molecular weight is 592 g/mol. The van der Waals surface area contributed by atoms with Crippen molar-refractivity contribution in [1.29, 1.82) is 0 Å². The Morgan fingerprint density at radius 2 is 1.44 bits per heavy atom. The molecule has 43 heavy (non-hydrogen) atoms. The molecule has 1 unspecified atom stereocenters. The largest absolute Gasteiger partial charge is 0.469 e. The third-order valence-electron chi connectivity index (χ3n) is 9.20. The van der Waals surface area contributed by atoms with Crippen LogP contribution in [0.2, 0.25) is 0 Å². The number of carbonyl (C=O) groups excluding carboxylic acids is 3. The number of methoxy groups -OCH3 is 1. The average Bonchev–Trinajstić information content (AvgIpc) is 3.01. The number of hydrogen-bond donors (Lipinski definition) is 1. The van der Waals surface area contributed by atoms with Gasteiger partial charge in [-0.2, -0.15) is 0 Å². The summed E-state index contributed by atoms with van der Waals surface area (Å²) in [6.45, 7) is 5.65. The number of aliphatic hydroxyl groups is 1. The Morgan fingerprint density at radius 1 is 0.860 bits per heavy atom. The van der Waals surface area contributed by atoms with Gasteiger partial charge in [0.15, 0.2) is 0 Å². The fraction of sp³-hybridized carbons (Fsp3) is 0.595. The monoisotopic (exact) mass is 591 g/mol. The van der Waals surface area contributed by atoms with E-state index in [-0.39, 0.29) is 29.5 Å². The van der Waals surface area contributed by atoms with Crippen LogP contribution in [0.1, 0.15) is 102 Å². The summed E-state index contributed by atoms with van der Waals surface area (Å²) in [6.07, 6.45) is 8.29. The second-order valence-electron chi connectivity index (χ2n) is 12.7. The van der Waals surface area contributed by atoms with E-state index >= 15 is 0 Å². The highest BCUT2D eigenvalue weighted by Crippen LogP contribution is 2.42. The second-order valence-corrected chi connectivity index (χ2v) is 12.7. The van der Waals surface area contributed by atoms with Gasteiger partial charge >= 0.3 is 5.97 Å². The molecule has 1 amide bonds. The van der Waals surface area contributed by atoms with Crippen LogP contribution < -0.4 is 0 Å². The first-order valence-electron chi connectivity index (χ1n) is 16.4. The van der Waals surface area contributed by atoms with Gasteiger partial charge in [0.2, 0.25) is 5.91 Å². The van der Waals surface area contributed by atoms with Gasteiger partial charge in [-0.05, 0) is 61.0 Å². The molecule has 0 heterocycles. The Balaban J connectivity index is 1.52. The Bertz CT molecular complexity index is 1060. The summed E-state index contributed by atoms with van der Waals surface area (Å²) >= 11 is 0. The Morgan fingerprint density at radius 3 is 2.02 bits per heavy atom. The first-order chi connectivity index (χ1) is 20.8. The Labute approximate surface area is 259 Å². The van der Waals surface area contributed by atoms with Crippen LogP contribution in [-0.2, 0) is 32.2 Å². The van der Waals surface area contributed by atoms with Crippen molar-refractivity contribution in [3.63, 3.8) is 0 Å². The van der Waals surface area contributed by atoms with E-state index in [1.165, 1.54) is 7.11 Å². The van der Waals surface area contributed by atoms with Crippen LogP contribution in [0.3, 0.4) is 0 Å². The maximum Gasteiger partial charge on any atom is 0.305 e. The van der Waals surface area contributed by atoms with Gasteiger partial charge in [-0.3, -0.25) is 14.4 Å². The van der Waals surface area contributed by atoms with Gasteiger partial charge < -0.3 is 14.7 Å². The normalized spacial score (nSPS) is 19.3. The zero-order valence-corrected chi connectivity index (χ0v) is 26.6. The summed E-state index contributed by atoms with van der Waals surface area (Å²) in [7, 11) is 1.40. The minimum Gasteiger partial charge on any atom is -0.469 e. The lowest BCUT2D eigenvalue weighted by Crippen LogP contribution is -2.43. The molecule has 2 aromatic rings. The van der Waals surface area contributed by atoms with Crippen molar-refractivity contribution in [3.05, 3.63) is 71.8 Å². The van der Waals surface area contributed by atoms with E-state index in [1.54, 1.807) is 0 Å². The topological polar surface area (TPSA) is 83.9 Å². The van der Waals surface area contributed by atoms with Crippen molar-refractivity contribution < 1.29 is 24.2 Å². The maximum atomic E-state index is 13.4. The number of ketones is 1. The van der Waals surface area contributed by atoms with Gasteiger partial charge in [0.25, 0.3) is 0 Å². The molecule has 0 aliphatic heterocycles. The smallest absolute Gasteiger partial charge is 0.305 e. The molecule has 6 heteroatoms. The molecule has 1 aliphatic carbocycles. The lowest BCUT2D eigenvalue weighted by atomic mass is 9.63. The van der Waals surface area contributed by atoms with Crippen molar-refractivity contribution in [3.8, 4) is 0 Å². The number of amides is 1. The molecule has 1 fully saturated rings. The molecule has 2 aromatic carbocycles. The van der Waals surface area contributed by atoms with E-state index in [0.717, 1.165) is 62.5 Å². The maximum absolute atomic E-state index is 13.4. The van der Waals surface area contributed by atoms with E-state index in [0.29, 0.717) is 50.6 Å². The number of unbranched alkanes of at least 4 members (excludes halogenated alkanes) is 4. The standard InChI is InChI=1S/C37H53NO5/c1-28(2)31-24-25-34(40)37(33(39)21-13-7-15-23-36(42)43-3)32(31)20-12-6-14-22-35(41)38(26-29-16-8-4-9-17-29)27-30-18-10-5-11-19-30/h4-5,8-11,16-19,28,31-33,37,39H,6-7,12-15,20-27H2,1-3H3/t31-,32-,33?,37-/m1/s1. The van der Waals surface area contributed by atoms with E-state index in [9.17, 15) is 19.5 Å².